The summed E-state index contributed by atoms with van der Waals surface area (Å²) in [6.07, 6.45) is 4.30. The lowest BCUT2D eigenvalue weighted by Gasteiger charge is -2.09. The number of hydrogen-bond donors (Lipinski definition) is 3. The predicted molar refractivity (Wildman–Crippen MR) is 99.3 cm³/mol. The summed E-state index contributed by atoms with van der Waals surface area (Å²) in [7, 11) is 0. The number of halogens is 2. The number of amides is 2. The summed E-state index contributed by atoms with van der Waals surface area (Å²) < 4.78 is 0. The molecule has 0 fully saturated rings. The van der Waals surface area contributed by atoms with Crippen molar-refractivity contribution in [2.75, 3.05) is 18.4 Å². The molecule has 25 heavy (non-hydrogen) atoms. The monoisotopic (exact) mass is 383 g/mol. The number of rotatable bonds is 7. The molecule has 7 nitrogen and oxygen atoms in total. The van der Waals surface area contributed by atoms with E-state index in [0.717, 1.165) is 12.8 Å². The second kappa shape index (κ2) is 10.6. The highest BCUT2D eigenvalue weighted by Gasteiger charge is 2.19. The summed E-state index contributed by atoms with van der Waals surface area (Å²) in [4.78, 5) is 32.5. The molecule has 0 bridgehead atoms. The minimum Gasteiger partial charge on any atom is -0.351 e. The third-order valence-corrected chi connectivity index (χ3v) is 3.40. The van der Waals surface area contributed by atoms with Gasteiger partial charge >= 0.3 is 0 Å². The van der Waals surface area contributed by atoms with Crippen LogP contribution < -0.4 is 16.4 Å². The van der Waals surface area contributed by atoms with Crippen LogP contribution >= 0.6 is 24.0 Å². The lowest BCUT2D eigenvalue weighted by atomic mass is 10.2. The molecule has 1 aromatic carbocycles. The molecule has 1 aromatic heterocycles. The van der Waals surface area contributed by atoms with E-state index in [0.29, 0.717) is 23.8 Å². The van der Waals surface area contributed by atoms with Gasteiger partial charge < -0.3 is 16.4 Å². The largest absolute Gasteiger partial charge is 0.351 e. The normalized spacial score (nSPS) is 9.84. The van der Waals surface area contributed by atoms with Crippen molar-refractivity contribution in [2.24, 2.45) is 5.73 Å². The van der Waals surface area contributed by atoms with E-state index in [-0.39, 0.29) is 23.8 Å². The Kier molecular flexibility index (Phi) is 8.83. The van der Waals surface area contributed by atoms with E-state index in [4.69, 9.17) is 17.3 Å². The van der Waals surface area contributed by atoms with Gasteiger partial charge in [0.2, 0.25) is 0 Å². The van der Waals surface area contributed by atoms with Crippen LogP contribution in [0.5, 0.6) is 0 Å². The Balaban J connectivity index is 0.00000312. The van der Waals surface area contributed by atoms with Crippen LogP contribution in [-0.4, -0.2) is 34.9 Å². The third-order valence-electron chi connectivity index (χ3n) is 3.15. The van der Waals surface area contributed by atoms with Crippen molar-refractivity contribution in [1.82, 2.24) is 15.3 Å². The highest BCUT2D eigenvalue weighted by molar-refractivity contribution is 6.30. The number of unbranched alkanes of at least 4 members (excludes halogenated alkanes) is 1. The number of carbonyl (C=O) groups excluding carboxylic acids is 2. The number of nitrogens with one attached hydrogen (secondary N) is 2. The van der Waals surface area contributed by atoms with Gasteiger partial charge in [-0.2, -0.15) is 0 Å². The fraction of sp³-hybridized carbons (Fsp3) is 0.250. The van der Waals surface area contributed by atoms with E-state index in [1.807, 2.05) is 0 Å². The predicted octanol–water partition coefficient (Wildman–Crippen LogP) is 2.27. The van der Waals surface area contributed by atoms with E-state index in [1.54, 1.807) is 24.3 Å². The number of anilines is 1. The van der Waals surface area contributed by atoms with E-state index < -0.39 is 11.8 Å². The van der Waals surface area contributed by atoms with Gasteiger partial charge in [-0.3, -0.25) is 9.59 Å². The minimum absolute atomic E-state index is 0. The van der Waals surface area contributed by atoms with Crippen molar-refractivity contribution in [1.29, 1.82) is 0 Å². The van der Waals surface area contributed by atoms with Gasteiger partial charge in [0.1, 0.15) is 0 Å². The summed E-state index contributed by atoms with van der Waals surface area (Å²) in [5.74, 6) is -0.959. The molecule has 0 atom stereocenters. The van der Waals surface area contributed by atoms with Gasteiger partial charge in [-0.25, -0.2) is 9.97 Å². The maximum Gasteiger partial charge on any atom is 0.276 e. The summed E-state index contributed by atoms with van der Waals surface area (Å²) in [5, 5.41) is 5.93. The lowest BCUT2D eigenvalue weighted by Crippen LogP contribution is -2.29. The molecule has 0 spiro atoms. The first-order valence-electron chi connectivity index (χ1n) is 7.48. The van der Waals surface area contributed by atoms with E-state index in [9.17, 15) is 9.59 Å². The van der Waals surface area contributed by atoms with Gasteiger partial charge in [-0.1, -0.05) is 11.6 Å². The molecule has 2 rings (SSSR count). The van der Waals surface area contributed by atoms with Gasteiger partial charge in [0.05, 0.1) is 0 Å². The lowest BCUT2D eigenvalue weighted by molar-refractivity contribution is 0.0932. The van der Waals surface area contributed by atoms with E-state index in [2.05, 4.69) is 20.6 Å². The number of benzene rings is 1. The van der Waals surface area contributed by atoms with Crippen LogP contribution in [0.2, 0.25) is 5.02 Å². The zero-order valence-electron chi connectivity index (χ0n) is 13.4. The molecule has 134 valence electrons. The summed E-state index contributed by atoms with van der Waals surface area (Å²) in [6.45, 7) is 1.03. The van der Waals surface area contributed by atoms with Crippen LogP contribution in [0.25, 0.3) is 0 Å². The molecule has 4 N–H and O–H groups in total. The highest BCUT2D eigenvalue weighted by atomic mass is 35.5. The maximum atomic E-state index is 12.4. The molecule has 0 saturated heterocycles. The molecule has 0 aliphatic rings. The number of carbonyl (C=O) groups is 2. The standard InChI is InChI=1S/C16H18ClN5O2.ClH/c17-11-3-5-12(6-4-11)22-16(24)14-13(19-9-10-20-14)15(23)21-8-2-1-7-18;/h3-6,9-10H,1-2,7-8,18H2,(H,21,23)(H,22,24);1H. The van der Waals surface area contributed by atoms with Crippen LogP contribution in [0.4, 0.5) is 5.69 Å². The Morgan fingerprint density at radius 1 is 1.00 bits per heavy atom. The Morgan fingerprint density at radius 3 is 2.20 bits per heavy atom. The summed E-state index contributed by atoms with van der Waals surface area (Å²) in [6, 6.07) is 6.62. The van der Waals surface area contributed by atoms with Gasteiger partial charge in [0.25, 0.3) is 11.8 Å². The van der Waals surface area contributed by atoms with Crippen molar-refractivity contribution >= 4 is 41.5 Å². The minimum atomic E-state index is -0.516. The van der Waals surface area contributed by atoms with Gasteiger partial charge in [0, 0.05) is 29.6 Å². The highest BCUT2D eigenvalue weighted by Crippen LogP contribution is 2.14. The molecule has 0 radical (unpaired) electrons. The molecular formula is C16H19Cl2N5O2. The SMILES string of the molecule is Cl.NCCCCNC(=O)c1nccnc1C(=O)Nc1ccc(Cl)cc1. The van der Waals surface area contributed by atoms with Crippen LogP contribution in [0.1, 0.15) is 33.8 Å². The summed E-state index contributed by atoms with van der Waals surface area (Å²) in [5.41, 5.74) is 5.90. The molecule has 0 saturated carbocycles. The molecule has 1 heterocycles. The molecule has 0 aliphatic carbocycles. The van der Waals surface area contributed by atoms with Crippen molar-refractivity contribution in [3.8, 4) is 0 Å². The Morgan fingerprint density at radius 2 is 1.60 bits per heavy atom. The van der Waals surface area contributed by atoms with Crippen LogP contribution in [0.15, 0.2) is 36.7 Å². The zero-order chi connectivity index (χ0) is 17.4. The van der Waals surface area contributed by atoms with E-state index >= 15 is 0 Å². The molecule has 2 aromatic rings. The van der Waals surface area contributed by atoms with Crippen molar-refractivity contribution < 1.29 is 9.59 Å². The molecular weight excluding hydrogens is 365 g/mol. The van der Waals surface area contributed by atoms with Gasteiger partial charge in [-0.05, 0) is 43.7 Å². The number of nitrogens with zero attached hydrogens (tertiary/aromatic N) is 2. The molecule has 0 aliphatic heterocycles. The first-order chi connectivity index (χ1) is 11.6. The smallest absolute Gasteiger partial charge is 0.276 e. The summed E-state index contributed by atoms with van der Waals surface area (Å²) >= 11 is 5.81. The number of nitrogens with two attached hydrogens (primary N) is 1. The van der Waals surface area contributed by atoms with Crippen molar-refractivity contribution in [3.63, 3.8) is 0 Å². The Bertz CT molecular complexity index is 710. The fourth-order valence-electron chi connectivity index (χ4n) is 1.95. The Labute approximate surface area is 156 Å². The van der Waals surface area contributed by atoms with E-state index in [1.165, 1.54) is 12.4 Å². The number of aromatic nitrogens is 2. The van der Waals surface area contributed by atoms with Crippen molar-refractivity contribution in [3.05, 3.63) is 53.1 Å². The van der Waals surface area contributed by atoms with Crippen molar-refractivity contribution in [2.45, 2.75) is 12.8 Å². The molecule has 0 unspecified atom stereocenters. The topological polar surface area (TPSA) is 110 Å². The average molecular weight is 384 g/mol. The number of hydrogen-bond acceptors (Lipinski definition) is 5. The van der Waals surface area contributed by atoms with Crippen LogP contribution in [0.3, 0.4) is 0 Å². The van der Waals surface area contributed by atoms with Crippen LogP contribution in [0, 0.1) is 0 Å². The Hall–Kier alpha value is -2.22. The first-order valence-corrected chi connectivity index (χ1v) is 7.86. The second-order valence-corrected chi connectivity index (χ2v) is 5.40. The molecule has 2 amide bonds. The first kappa shape index (κ1) is 20.8. The van der Waals surface area contributed by atoms with Gasteiger partial charge in [0.15, 0.2) is 11.4 Å². The van der Waals surface area contributed by atoms with Crippen LogP contribution in [-0.2, 0) is 0 Å². The quantitative estimate of drug-likeness (QED) is 0.635. The third kappa shape index (κ3) is 6.30. The molecule has 9 heteroatoms. The fourth-order valence-corrected chi connectivity index (χ4v) is 2.07. The second-order valence-electron chi connectivity index (χ2n) is 4.97. The van der Waals surface area contributed by atoms with Gasteiger partial charge in [-0.15, -0.1) is 12.4 Å². The maximum absolute atomic E-state index is 12.4. The average Bonchev–Trinajstić information content (AvgIpc) is 2.60. The zero-order valence-corrected chi connectivity index (χ0v) is 14.9.